The number of nitrogens with one attached hydrogen (secondary N) is 2. The zero-order chi connectivity index (χ0) is 28.3. The standard InChI is InChI=1S/C31H33ClF2N2O4/c1-38-29-14-20(30(37)39-2)8-9-21(29)17-40-18-24(19-6-4-3-5-7-19)31(22-10-12-23(32)13-11-22)35-27-15-25(33)26(34)16-28(27)36-31/h8-16,19,24,35-36H,3-7,17-18H2,1-2H3. The molecule has 2 aliphatic rings. The first-order chi connectivity index (χ1) is 19.3. The van der Waals surface area contributed by atoms with Gasteiger partial charge in [-0.3, -0.25) is 0 Å². The second-order valence-corrected chi connectivity index (χ2v) is 10.9. The summed E-state index contributed by atoms with van der Waals surface area (Å²) >= 11 is 6.24. The van der Waals surface area contributed by atoms with Gasteiger partial charge < -0.3 is 24.8 Å². The average molecular weight is 571 g/mol. The van der Waals surface area contributed by atoms with Crippen LogP contribution in [0, 0.1) is 23.5 Å². The van der Waals surface area contributed by atoms with Gasteiger partial charge in [-0.15, -0.1) is 0 Å². The van der Waals surface area contributed by atoms with Gasteiger partial charge in [0.2, 0.25) is 0 Å². The number of esters is 1. The van der Waals surface area contributed by atoms with Gasteiger partial charge in [0, 0.05) is 28.6 Å². The highest BCUT2D eigenvalue weighted by Gasteiger charge is 2.48. The fourth-order valence-corrected chi connectivity index (χ4v) is 6.15. The van der Waals surface area contributed by atoms with Crippen LogP contribution in [0.15, 0.2) is 54.6 Å². The molecule has 3 aromatic carbocycles. The highest BCUT2D eigenvalue weighted by atomic mass is 35.5. The second kappa shape index (κ2) is 12.0. The van der Waals surface area contributed by atoms with Crippen molar-refractivity contribution in [2.75, 3.05) is 31.5 Å². The van der Waals surface area contributed by atoms with Crippen LogP contribution < -0.4 is 15.4 Å². The van der Waals surface area contributed by atoms with Crippen LogP contribution in [0.25, 0.3) is 0 Å². The van der Waals surface area contributed by atoms with Crippen LogP contribution in [-0.4, -0.2) is 26.8 Å². The fraction of sp³-hybridized carbons (Fsp3) is 0.387. The zero-order valence-electron chi connectivity index (χ0n) is 22.6. The predicted molar refractivity (Wildman–Crippen MR) is 151 cm³/mol. The molecule has 0 radical (unpaired) electrons. The van der Waals surface area contributed by atoms with Crippen molar-refractivity contribution >= 4 is 28.9 Å². The van der Waals surface area contributed by atoms with Crippen molar-refractivity contribution in [1.29, 1.82) is 0 Å². The van der Waals surface area contributed by atoms with Gasteiger partial charge in [-0.1, -0.05) is 49.1 Å². The van der Waals surface area contributed by atoms with Crippen molar-refractivity contribution in [3.05, 3.63) is 87.9 Å². The summed E-state index contributed by atoms with van der Waals surface area (Å²) in [6.07, 6.45) is 5.43. The molecule has 3 aromatic rings. The van der Waals surface area contributed by atoms with Crippen LogP contribution in [-0.2, 0) is 21.7 Å². The molecule has 1 heterocycles. The van der Waals surface area contributed by atoms with Gasteiger partial charge in [0.1, 0.15) is 11.4 Å². The lowest BCUT2D eigenvalue weighted by Gasteiger charge is -2.44. The number of ether oxygens (including phenoxy) is 3. The number of hydrogen-bond donors (Lipinski definition) is 2. The summed E-state index contributed by atoms with van der Waals surface area (Å²) in [7, 11) is 2.88. The van der Waals surface area contributed by atoms with Crippen molar-refractivity contribution in [2.24, 2.45) is 11.8 Å². The number of methoxy groups -OCH3 is 2. The lowest BCUT2D eigenvalue weighted by Crippen LogP contribution is -2.51. The van der Waals surface area contributed by atoms with E-state index in [4.69, 9.17) is 25.8 Å². The monoisotopic (exact) mass is 570 g/mol. The maximum atomic E-state index is 14.3. The Hall–Kier alpha value is -3.36. The van der Waals surface area contributed by atoms with Gasteiger partial charge in [0.05, 0.1) is 44.4 Å². The highest BCUT2D eigenvalue weighted by Crippen LogP contribution is 2.49. The van der Waals surface area contributed by atoms with E-state index < -0.39 is 23.3 Å². The molecule has 1 fully saturated rings. The Morgan fingerprint density at radius 3 is 2.23 bits per heavy atom. The Kier molecular flexibility index (Phi) is 8.47. The molecule has 0 amide bonds. The third kappa shape index (κ3) is 5.60. The van der Waals surface area contributed by atoms with E-state index in [1.54, 1.807) is 25.3 Å². The van der Waals surface area contributed by atoms with Gasteiger partial charge in [-0.05, 0) is 48.6 Å². The van der Waals surface area contributed by atoms with E-state index >= 15 is 0 Å². The smallest absolute Gasteiger partial charge is 0.337 e. The molecule has 1 aliphatic carbocycles. The summed E-state index contributed by atoms with van der Waals surface area (Å²) in [5.74, 6) is -1.55. The zero-order valence-corrected chi connectivity index (χ0v) is 23.3. The minimum Gasteiger partial charge on any atom is -0.496 e. The fourth-order valence-electron chi connectivity index (χ4n) is 6.02. The van der Waals surface area contributed by atoms with Crippen LogP contribution in [0.2, 0.25) is 5.02 Å². The first-order valence-electron chi connectivity index (χ1n) is 13.5. The number of anilines is 2. The van der Waals surface area contributed by atoms with Crippen molar-refractivity contribution in [1.82, 2.24) is 0 Å². The quantitative estimate of drug-likeness (QED) is 0.259. The first-order valence-corrected chi connectivity index (χ1v) is 13.9. The Labute approximate surface area is 238 Å². The van der Waals surface area contributed by atoms with Crippen molar-refractivity contribution in [3.63, 3.8) is 0 Å². The van der Waals surface area contributed by atoms with Crippen molar-refractivity contribution < 1.29 is 27.8 Å². The van der Waals surface area contributed by atoms with Gasteiger partial charge >= 0.3 is 5.97 Å². The third-order valence-corrected chi connectivity index (χ3v) is 8.31. The van der Waals surface area contributed by atoms with Crippen molar-refractivity contribution in [2.45, 2.75) is 44.4 Å². The van der Waals surface area contributed by atoms with E-state index in [-0.39, 0.29) is 18.4 Å². The van der Waals surface area contributed by atoms with Crippen LogP contribution >= 0.6 is 11.6 Å². The molecule has 40 heavy (non-hydrogen) atoms. The Morgan fingerprint density at radius 2 is 1.62 bits per heavy atom. The molecule has 212 valence electrons. The van der Waals surface area contributed by atoms with Gasteiger partial charge in [-0.2, -0.15) is 0 Å². The van der Waals surface area contributed by atoms with E-state index in [0.717, 1.165) is 36.8 Å². The molecular formula is C31H33ClF2N2O4. The van der Waals surface area contributed by atoms with E-state index in [9.17, 15) is 13.6 Å². The first kappa shape index (κ1) is 28.2. The second-order valence-electron chi connectivity index (χ2n) is 10.4. The predicted octanol–water partition coefficient (Wildman–Crippen LogP) is 7.52. The maximum Gasteiger partial charge on any atom is 0.337 e. The molecule has 0 saturated heterocycles. The normalized spacial score (nSPS) is 16.9. The highest BCUT2D eigenvalue weighted by molar-refractivity contribution is 6.30. The largest absolute Gasteiger partial charge is 0.496 e. The van der Waals surface area contributed by atoms with Gasteiger partial charge in [0.15, 0.2) is 11.6 Å². The lowest BCUT2D eigenvalue weighted by atomic mass is 9.72. The summed E-state index contributed by atoms with van der Waals surface area (Å²) in [6, 6.07) is 15.0. The SMILES string of the molecule is COC(=O)c1ccc(COCC(C2CCCCC2)C2(c3ccc(Cl)cc3)Nc3cc(F)c(F)cc3N2)c(OC)c1. The molecule has 1 aliphatic heterocycles. The number of hydrogen-bond acceptors (Lipinski definition) is 6. The minimum absolute atomic E-state index is 0.104. The van der Waals surface area contributed by atoms with Crippen LogP contribution in [0.1, 0.15) is 53.6 Å². The summed E-state index contributed by atoms with van der Waals surface area (Å²) in [5, 5.41) is 7.66. The molecule has 0 spiro atoms. The topological polar surface area (TPSA) is 68.8 Å². The van der Waals surface area contributed by atoms with Crippen LogP contribution in [0.3, 0.4) is 0 Å². The summed E-state index contributed by atoms with van der Waals surface area (Å²) in [6.45, 7) is 0.606. The van der Waals surface area contributed by atoms with Crippen molar-refractivity contribution in [3.8, 4) is 5.75 Å². The Balaban J connectivity index is 1.47. The molecule has 2 N–H and O–H groups in total. The van der Waals surface area contributed by atoms with E-state index in [1.807, 2.05) is 24.3 Å². The third-order valence-electron chi connectivity index (χ3n) is 8.06. The summed E-state index contributed by atoms with van der Waals surface area (Å²) in [5.41, 5.74) is 2.19. The lowest BCUT2D eigenvalue weighted by molar-refractivity contribution is 0.0301. The number of fused-ring (bicyclic) bond motifs is 1. The molecular weight excluding hydrogens is 538 g/mol. The molecule has 0 aromatic heterocycles. The number of carbonyl (C=O) groups is 1. The van der Waals surface area contributed by atoms with Gasteiger partial charge in [0.25, 0.3) is 0 Å². The molecule has 5 rings (SSSR count). The molecule has 1 unspecified atom stereocenters. The number of carbonyl (C=O) groups excluding carboxylic acids is 1. The number of rotatable bonds is 9. The Bertz CT molecular complexity index is 1330. The molecule has 6 nitrogen and oxygen atoms in total. The molecule has 9 heteroatoms. The molecule has 1 atom stereocenters. The number of halogens is 3. The van der Waals surface area contributed by atoms with Crippen LogP contribution in [0.5, 0.6) is 5.75 Å². The summed E-state index contributed by atoms with van der Waals surface area (Å²) in [4.78, 5) is 12.0. The minimum atomic E-state index is -0.909. The summed E-state index contributed by atoms with van der Waals surface area (Å²) < 4.78 is 45.3. The van der Waals surface area contributed by atoms with E-state index in [1.165, 1.54) is 25.7 Å². The maximum absolute atomic E-state index is 14.3. The Morgan fingerprint density at radius 1 is 0.975 bits per heavy atom. The van der Waals surface area contributed by atoms with Gasteiger partial charge in [-0.25, -0.2) is 13.6 Å². The van der Waals surface area contributed by atoms with Crippen LogP contribution in [0.4, 0.5) is 20.2 Å². The number of benzene rings is 3. The van der Waals surface area contributed by atoms with E-state index in [0.29, 0.717) is 34.3 Å². The average Bonchev–Trinajstić information content (AvgIpc) is 3.34. The molecule has 0 bridgehead atoms. The molecule has 1 saturated carbocycles. The van der Waals surface area contributed by atoms with E-state index in [2.05, 4.69) is 10.6 Å².